The van der Waals surface area contributed by atoms with Crippen molar-refractivity contribution in [3.05, 3.63) is 29.8 Å². The van der Waals surface area contributed by atoms with E-state index in [9.17, 15) is 13.2 Å². The Bertz CT molecular complexity index is 351. The highest BCUT2D eigenvalue weighted by Crippen LogP contribution is 2.19. The van der Waals surface area contributed by atoms with Gasteiger partial charge in [-0.15, -0.1) is 0 Å². The number of benzene rings is 1. The first-order chi connectivity index (χ1) is 8.42. The largest absolute Gasteiger partial charge is 0.497 e. The Balaban J connectivity index is 2.33. The van der Waals surface area contributed by atoms with E-state index in [1.54, 1.807) is 31.4 Å². The van der Waals surface area contributed by atoms with Crippen LogP contribution in [0.25, 0.3) is 0 Å². The van der Waals surface area contributed by atoms with Crippen LogP contribution in [0, 0.1) is 0 Å². The molecule has 1 unspecified atom stereocenters. The summed E-state index contributed by atoms with van der Waals surface area (Å²) in [5.74, 6) is 0.708. The first-order valence-corrected chi connectivity index (χ1v) is 5.46. The number of halogens is 3. The molecular formula is C12H16F3NO2. The van der Waals surface area contributed by atoms with Crippen molar-refractivity contribution in [2.45, 2.75) is 18.6 Å². The zero-order chi connectivity index (χ0) is 13.6. The summed E-state index contributed by atoms with van der Waals surface area (Å²) in [4.78, 5) is 0. The van der Waals surface area contributed by atoms with Crippen molar-refractivity contribution in [2.75, 3.05) is 20.3 Å². The maximum atomic E-state index is 11.8. The van der Waals surface area contributed by atoms with Crippen molar-refractivity contribution in [1.29, 1.82) is 0 Å². The minimum atomic E-state index is -4.29. The number of methoxy groups -OCH3 is 1. The number of ether oxygens (including phenoxy) is 2. The summed E-state index contributed by atoms with van der Waals surface area (Å²) in [5.41, 5.74) is 6.67. The highest BCUT2D eigenvalue weighted by atomic mass is 19.4. The fourth-order valence-electron chi connectivity index (χ4n) is 1.42. The Labute approximate surface area is 104 Å². The van der Waals surface area contributed by atoms with Gasteiger partial charge in [-0.05, 0) is 24.1 Å². The zero-order valence-electron chi connectivity index (χ0n) is 10.0. The van der Waals surface area contributed by atoms with Gasteiger partial charge < -0.3 is 15.2 Å². The van der Waals surface area contributed by atoms with Gasteiger partial charge in [-0.2, -0.15) is 13.2 Å². The van der Waals surface area contributed by atoms with Crippen LogP contribution in [-0.2, 0) is 4.74 Å². The number of nitrogens with two attached hydrogens (primary N) is 1. The average Bonchev–Trinajstić information content (AvgIpc) is 2.33. The van der Waals surface area contributed by atoms with Crippen LogP contribution >= 0.6 is 0 Å². The first kappa shape index (κ1) is 14.8. The molecule has 0 amide bonds. The van der Waals surface area contributed by atoms with Gasteiger partial charge in [0.2, 0.25) is 0 Å². The number of hydrogen-bond acceptors (Lipinski definition) is 3. The highest BCUT2D eigenvalue weighted by Gasteiger charge is 2.27. The van der Waals surface area contributed by atoms with Crippen LogP contribution < -0.4 is 10.5 Å². The normalized spacial score (nSPS) is 13.4. The lowest BCUT2D eigenvalue weighted by Crippen LogP contribution is -2.19. The van der Waals surface area contributed by atoms with E-state index in [4.69, 9.17) is 10.5 Å². The van der Waals surface area contributed by atoms with Crippen molar-refractivity contribution in [2.24, 2.45) is 5.73 Å². The van der Waals surface area contributed by atoms with Crippen molar-refractivity contribution >= 4 is 0 Å². The molecule has 18 heavy (non-hydrogen) atoms. The van der Waals surface area contributed by atoms with Gasteiger partial charge in [-0.25, -0.2) is 0 Å². The van der Waals surface area contributed by atoms with E-state index in [-0.39, 0.29) is 12.6 Å². The third-order valence-corrected chi connectivity index (χ3v) is 2.38. The highest BCUT2D eigenvalue weighted by molar-refractivity contribution is 5.28. The summed E-state index contributed by atoms with van der Waals surface area (Å²) in [5, 5.41) is 0. The lowest BCUT2D eigenvalue weighted by Gasteiger charge is -2.13. The van der Waals surface area contributed by atoms with Crippen LogP contribution in [0.2, 0.25) is 0 Å². The summed E-state index contributed by atoms with van der Waals surface area (Å²) in [7, 11) is 1.56. The number of hydrogen-bond donors (Lipinski definition) is 1. The minimum absolute atomic E-state index is 0.0211. The second-order valence-corrected chi connectivity index (χ2v) is 3.84. The van der Waals surface area contributed by atoms with Crippen LogP contribution in [0.3, 0.4) is 0 Å². The molecule has 2 N–H and O–H groups in total. The van der Waals surface area contributed by atoms with Gasteiger partial charge in [0.15, 0.2) is 0 Å². The van der Waals surface area contributed by atoms with Crippen molar-refractivity contribution in [3.63, 3.8) is 0 Å². The van der Waals surface area contributed by atoms with E-state index in [1.807, 2.05) is 0 Å². The molecule has 0 saturated heterocycles. The van der Waals surface area contributed by atoms with Crippen LogP contribution in [0.15, 0.2) is 24.3 Å². The van der Waals surface area contributed by atoms with E-state index in [0.29, 0.717) is 12.2 Å². The number of alkyl halides is 3. The Morgan fingerprint density at radius 1 is 1.22 bits per heavy atom. The summed E-state index contributed by atoms with van der Waals surface area (Å²) in [6.07, 6.45) is -3.95. The lowest BCUT2D eigenvalue weighted by atomic mass is 10.1. The molecular weight excluding hydrogens is 247 g/mol. The van der Waals surface area contributed by atoms with Gasteiger partial charge in [0.25, 0.3) is 0 Å². The van der Waals surface area contributed by atoms with Crippen LogP contribution in [-0.4, -0.2) is 26.5 Å². The van der Waals surface area contributed by atoms with E-state index in [0.717, 1.165) is 5.56 Å². The van der Waals surface area contributed by atoms with Gasteiger partial charge in [0.1, 0.15) is 12.4 Å². The van der Waals surface area contributed by atoms with Crippen LogP contribution in [0.5, 0.6) is 5.75 Å². The molecule has 1 aromatic carbocycles. The van der Waals surface area contributed by atoms with E-state index in [1.165, 1.54) is 0 Å². The second-order valence-electron chi connectivity index (χ2n) is 3.84. The Hall–Kier alpha value is -1.27. The SMILES string of the molecule is COc1ccc(C(N)CCOCC(F)(F)F)cc1. The maximum Gasteiger partial charge on any atom is 0.411 e. The predicted octanol–water partition coefficient (Wildman–Crippen LogP) is 2.66. The second kappa shape index (κ2) is 6.61. The molecule has 1 atom stereocenters. The molecule has 0 fully saturated rings. The molecule has 6 heteroatoms. The van der Waals surface area contributed by atoms with Gasteiger partial charge in [0.05, 0.1) is 7.11 Å². The standard InChI is InChI=1S/C12H16F3NO2/c1-17-10-4-2-9(3-5-10)11(16)6-7-18-8-12(13,14)15/h2-5,11H,6-8,16H2,1H3. The Kier molecular flexibility index (Phi) is 5.43. The monoisotopic (exact) mass is 263 g/mol. The van der Waals surface area contributed by atoms with Crippen molar-refractivity contribution in [1.82, 2.24) is 0 Å². The van der Waals surface area contributed by atoms with Crippen LogP contribution in [0.4, 0.5) is 13.2 Å². The van der Waals surface area contributed by atoms with Crippen molar-refractivity contribution < 1.29 is 22.6 Å². The predicted molar refractivity (Wildman–Crippen MR) is 61.4 cm³/mol. The van der Waals surface area contributed by atoms with E-state index < -0.39 is 12.8 Å². The molecule has 0 spiro atoms. The summed E-state index contributed by atoms with van der Waals surface area (Å²) >= 11 is 0. The zero-order valence-corrected chi connectivity index (χ0v) is 10.0. The first-order valence-electron chi connectivity index (χ1n) is 5.46. The van der Waals surface area contributed by atoms with Gasteiger partial charge in [-0.1, -0.05) is 12.1 Å². The molecule has 0 aliphatic heterocycles. The maximum absolute atomic E-state index is 11.8. The molecule has 0 saturated carbocycles. The molecule has 102 valence electrons. The summed E-state index contributed by atoms with van der Waals surface area (Å²) in [6.45, 7) is -1.25. The molecule has 0 aliphatic rings. The fourth-order valence-corrected chi connectivity index (χ4v) is 1.42. The molecule has 0 aromatic heterocycles. The topological polar surface area (TPSA) is 44.5 Å². The summed E-state index contributed by atoms with van der Waals surface area (Å²) < 4.78 is 44.9. The third-order valence-electron chi connectivity index (χ3n) is 2.38. The third kappa shape index (κ3) is 5.37. The van der Waals surface area contributed by atoms with Gasteiger partial charge in [0, 0.05) is 12.6 Å². The molecule has 0 heterocycles. The average molecular weight is 263 g/mol. The smallest absolute Gasteiger partial charge is 0.411 e. The van der Waals surface area contributed by atoms with E-state index >= 15 is 0 Å². The Morgan fingerprint density at radius 2 is 1.83 bits per heavy atom. The summed E-state index contributed by atoms with van der Waals surface area (Å²) in [6, 6.07) is 6.74. The molecule has 0 aliphatic carbocycles. The lowest BCUT2D eigenvalue weighted by molar-refractivity contribution is -0.174. The fraction of sp³-hybridized carbons (Fsp3) is 0.500. The quantitative estimate of drug-likeness (QED) is 0.802. The molecule has 1 aromatic rings. The van der Waals surface area contributed by atoms with Crippen LogP contribution in [0.1, 0.15) is 18.0 Å². The van der Waals surface area contributed by atoms with E-state index in [2.05, 4.69) is 4.74 Å². The molecule has 0 bridgehead atoms. The molecule has 3 nitrogen and oxygen atoms in total. The van der Waals surface area contributed by atoms with Gasteiger partial charge in [-0.3, -0.25) is 0 Å². The number of rotatable bonds is 6. The van der Waals surface area contributed by atoms with Crippen molar-refractivity contribution in [3.8, 4) is 5.75 Å². The minimum Gasteiger partial charge on any atom is -0.497 e. The molecule has 0 radical (unpaired) electrons. The van der Waals surface area contributed by atoms with Gasteiger partial charge >= 0.3 is 6.18 Å². The Morgan fingerprint density at radius 3 is 2.33 bits per heavy atom. The molecule has 1 rings (SSSR count).